The van der Waals surface area contributed by atoms with Crippen LogP contribution in [0.15, 0.2) is 36.4 Å². The molecule has 0 atom stereocenters. The van der Waals surface area contributed by atoms with Crippen molar-refractivity contribution in [2.24, 2.45) is 0 Å². The Bertz CT molecular complexity index is 611. The number of hydrogen-bond donors (Lipinski definition) is 2. The smallest absolute Gasteiger partial charge is 0.257 e. The number of amides is 1. The fourth-order valence-electron chi connectivity index (χ4n) is 2.28. The summed E-state index contributed by atoms with van der Waals surface area (Å²) in [6.07, 6.45) is 0. The van der Waals surface area contributed by atoms with Gasteiger partial charge in [-0.25, -0.2) is 0 Å². The summed E-state index contributed by atoms with van der Waals surface area (Å²) < 4.78 is 5.70. The molecule has 0 bridgehead atoms. The van der Waals surface area contributed by atoms with Crippen molar-refractivity contribution in [2.45, 2.75) is 20.4 Å². The highest BCUT2D eigenvalue weighted by Crippen LogP contribution is 2.28. The van der Waals surface area contributed by atoms with Crippen LogP contribution in [0.25, 0.3) is 10.8 Å². The summed E-state index contributed by atoms with van der Waals surface area (Å²) in [4.78, 5) is 11.6. The lowest BCUT2D eigenvalue weighted by atomic mass is 10.0. The van der Waals surface area contributed by atoms with Crippen molar-refractivity contribution < 1.29 is 9.53 Å². The second-order valence-corrected chi connectivity index (χ2v) is 4.79. The molecule has 21 heavy (non-hydrogen) atoms. The van der Waals surface area contributed by atoms with Crippen LogP contribution in [0.4, 0.5) is 0 Å². The van der Waals surface area contributed by atoms with Gasteiger partial charge >= 0.3 is 0 Å². The predicted octanol–water partition coefficient (Wildman–Crippen LogP) is 2.46. The van der Waals surface area contributed by atoms with E-state index in [-0.39, 0.29) is 12.5 Å². The molecule has 2 aromatic carbocycles. The fourth-order valence-corrected chi connectivity index (χ4v) is 2.28. The molecule has 0 spiro atoms. The van der Waals surface area contributed by atoms with Crippen molar-refractivity contribution in [3.63, 3.8) is 0 Å². The summed E-state index contributed by atoms with van der Waals surface area (Å²) in [5.74, 6) is 0.668. The van der Waals surface area contributed by atoms with Gasteiger partial charge in [-0.05, 0) is 30.3 Å². The van der Waals surface area contributed by atoms with Gasteiger partial charge in [0.25, 0.3) is 5.91 Å². The Morgan fingerprint density at radius 3 is 2.67 bits per heavy atom. The van der Waals surface area contributed by atoms with Gasteiger partial charge in [0.15, 0.2) is 6.61 Å². The summed E-state index contributed by atoms with van der Waals surface area (Å²) in [7, 11) is 0. The molecule has 0 aliphatic carbocycles. The third kappa shape index (κ3) is 3.95. The minimum atomic E-state index is -0.0972. The zero-order valence-electron chi connectivity index (χ0n) is 12.6. The molecular weight excluding hydrogens is 264 g/mol. The normalized spacial score (nSPS) is 10.6. The second-order valence-electron chi connectivity index (χ2n) is 4.79. The molecule has 0 saturated carbocycles. The van der Waals surface area contributed by atoms with E-state index >= 15 is 0 Å². The number of carbonyl (C=O) groups is 1. The maximum absolute atomic E-state index is 11.6. The highest BCUT2D eigenvalue weighted by atomic mass is 16.5. The summed E-state index contributed by atoms with van der Waals surface area (Å²) in [5, 5.41) is 8.40. The molecule has 4 heteroatoms. The topological polar surface area (TPSA) is 50.4 Å². The third-order valence-corrected chi connectivity index (χ3v) is 3.28. The first-order valence-electron chi connectivity index (χ1n) is 7.37. The molecule has 2 rings (SSSR count). The van der Waals surface area contributed by atoms with E-state index in [1.807, 2.05) is 31.2 Å². The number of nitrogens with one attached hydrogen (secondary N) is 2. The van der Waals surface area contributed by atoms with Crippen molar-refractivity contribution in [1.29, 1.82) is 0 Å². The van der Waals surface area contributed by atoms with Gasteiger partial charge in [0.1, 0.15) is 5.75 Å². The van der Waals surface area contributed by atoms with Crippen molar-refractivity contribution >= 4 is 16.7 Å². The molecule has 0 heterocycles. The van der Waals surface area contributed by atoms with E-state index in [0.717, 1.165) is 29.8 Å². The monoisotopic (exact) mass is 286 g/mol. The minimum absolute atomic E-state index is 0.0469. The molecule has 1 amide bonds. The summed E-state index contributed by atoms with van der Waals surface area (Å²) in [5.41, 5.74) is 1.10. The zero-order valence-corrected chi connectivity index (χ0v) is 12.6. The molecule has 4 nitrogen and oxygen atoms in total. The van der Waals surface area contributed by atoms with E-state index < -0.39 is 0 Å². The van der Waals surface area contributed by atoms with Crippen LogP contribution >= 0.6 is 0 Å². The minimum Gasteiger partial charge on any atom is -0.483 e. The molecule has 112 valence electrons. The molecule has 0 radical (unpaired) electrons. The molecule has 0 fully saturated rings. The first-order valence-corrected chi connectivity index (χ1v) is 7.37. The third-order valence-electron chi connectivity index (χ3n) is 3.28. The maximum atomic E-state index is 11.6. The highest BCUT2D eigenvalue weighted by molar-refractivity contribution is 5.88. The first kappa shape index (κ1) is 15.3. The lowest BCUT2D eigenvalue weighted by Gasteiger charge is -2.14. The van der Waals surface area contributed by atoms with E-state index in [1.165, 1.54) is 5.39 Å². The summed E-state index contributed by atoms with van der Waals surface area (Å²) >= 11 is 0. The Balaban J connectivity index is 2.26. The van der Waals surface area contributed by atoms with Crippen molar-refractivity contribution in [3.05, 3.63) is 42.0 Å². The van der Waals surface area contributed by atoms with Crippen LogP contribution in [0.5, 0.6) is 5.75 Å². The number of ether oxygens (including phenoxy) is 1. The lowest BCUT2D eigenvalue weighted by Crippen LogP contribution is -2.28. The van der Waals surface area contributed by atoms with Gasteiger partial charge in [-0.1, -0.05) is 37.3 Å². The van der Waals surface area contributed by atoms with Gasteiger partial charge < -0.3 is 15.4 Å². The largest absolute Gasteiger partial charge is 0.483 e. The van der Waals surface area contributed by atoms with Crippen molar-refractivity contribution in [2.75, 3.05) is 19.7 Å². The number of fused-ring (bicyclic) bond motifs is 1. The average Bonchev–Trinajstić information content (AvgIpc) is 2.51. The van der Waals surface area contributed by atoms with Gasteiger partial charge in [0.2, 0.25) is 0 Å². The lowest BCUT2D eigenvalue weighted by molar-refractivity contribution is -0.122. The van der Waals surface area contributed by atoms with Crippen LogP contribution in [0.1, 0.15) is 19.4 Å². The van der Waals surface area contributed by atoms with Crippen LogP contribution in [0, 0.1) is 0 Å². The molecule has 0 aromatic heterocycles. The number of rotatable bonds is 7. The van der Waals surface area contributed by atoms with E-state index in [1.54, 1.807) is 0 Å². The second kappa shape index (κ2) is 7.64. The Morgan fingerprint density at radius 1 is 1.10 bits per heavy atom. The molecule has 2 N–H and O–H groups in total. The Labute approximate surface area is 125 Å². The zero-order chi connectivity index (χ0) is 15.1. The molecular formula is C17H22N2O2. The van der Waals surface area contributed by atoms with E-state index in [2.05, 4.69) is 29.7 Å². The van der Waals surface area contributed by atoms with Gasteiger partial charge in [0, 0.05) is 18.7 Å². The van der Waals surface area contributed by atoms with E-state index in [4.69, 9.17) is 4.74 Å². The number of carbonyl (C=O) groups excluding carboxylic acids is 1. The van der Waals surface area contributed by atoms with Gasteiger partial charge in [-0.3, -0.25) is 4.79 Å². The van der Waals surface area contributed by atoms with Crippen molar-refractivity contribution in [1.82, 2.24) is 10.6 Å². The number of hydrogen-bond acceptors (Lipinski definition) is 3. The molecule has 0 aliphatic rings. The van der Waals surface area contributed by atoms with Crippen LogP contribution < -0.4 is 15.4 Å². The standard InChI is InChI=1S/C17H22N2O2/c1-3-18-11-15-14-8-6-5-7-13(14)9-10-16(15)21-12-17(20)19-4-2/h5-10,18H,3-4,11-12H2,1-2H3,(H,19,20). The average molecular weight is 286 g/mol. The van der Waals surface area contributed by atoms with Crippen LogP contribution in [-0.4, -0.2) is 25.6 Å². The quantitative estimate of drug-likeness (QED) is 0.822. The SMILES string of the molecule is CCNCc1c(OCC(=O)NCC)ccc2ccccc12. The first-order chi connectivity index (χ1) is 10.3. The van der Waals surface area contributed by atoms with Gasteiger partial charge in [-0.15, -0.1) is 0 Å². The van der Waals surface area contributed by atoms with Crippen molar-refractivity contribution in [3.8, 4) is 5.75 Å². The van der Waals surface area contributed by atoms with Gasteiger partial charge in [0.05, 0.1) is 0 Å². The maximum Gasteiger partial charge on any atom is 0.257 e. The Hall–Kier alpha value is -2.07. The molecule has 0 aliphatic heterocycles. The predicted molar refractivity (Wildman–Crippen MR) is 85.5 cm³/mol. The Morgan fingerprint density at radius 2 is 1.90 bits per heavy atom. The number of likely N-dealkylation sites (N-methyl/N-ethyl adjacent to an activating group) is 1. The summed E-state index contributed by atoms with van der Waals surface area (Å²) in [6, 6.07) is 12.2. The fraction of sp³-hybridized carbons (Fsp3) is 0.353. The summed E-state index contributed by atoms with van der Waals surface area (Å²) in [6.45, 7) is 6.24. The van der Waals surface area contributed by atoms with Crippen LogP contribution in [-0.2, 0) is 11.3 Å². The molecule has 0 saturated heterocycles. The van der Waals surface area contributed by atoms with Gasteiger partial charge in [-0.2, -0.15) is 0 Å². The van der Waals surface area contributed by atoms with E-state index in [9.17, 15) is 4.79 Å². The molecule has 2 aromatic rings. The van der Waals surface area contributed by atoms with E-state index in [0.29, 0.717) is 6.54 Å². The highest BCUT2D eigenvalue weighted by Gasteiger charge is 2.10. The Kier molecular flexibility index (Phi) is 5.58. The van der Waals surface area contributed by atoms with Crippen LogP contribution in [0.3, 0.4) is 0 Å². The number of benzene rings is 2. The molecule has 0 unspecified atom stereocenters. The van der Waals surface area contributed by atoms with Crippen LogP contribution in [0.2, 0.25) is 0 Å².